The summed E-state index contributed by atoms with van der Waals surface area (Å²) in [7, 11) is -0.455. The molecule has 8 nitrogen and oxygen atoms in total. The van der Waals surface area contributed by atoms with E-state index in [2.05, 4.69) is 17.2 Å². The smallest absolute Gasteiger partial charge is 0.287 e. The molecule has 2 atom stereocenters. The molecule has 0 spiro atoms. The van der Waals surface area contributed by atoms with Gasteiger partial charge < -0.3 is 19.6 Å². The second-order valence-electron chi connectivity index (χ2n) is 6.91. The predicted octanol–water partition coefficient (Wildman–Crippen LogP) is 0.0382. The molecule has 0 aliphatic carbocycles. The molecule has 0 bridgehead atoms. The summed E-state index contributed by atoms with van der Waals surface area (Å²) in [6.07, 6.45) is 0. The Kier molecular flexibility index (Phi) is 6.13. The highest BCUT2D eigenvalue weighted by atomic mass is 32.2. The fourth-order valence-electron chi connectivity index (χ4n) is 2.32. The van der Waals surface area contributed by atoms with Gasteiger partial charge in [0.2, 0.25) is 10.0 Å². The highest BCUT2D eigenvalue weighted by molar-refractivity contribution is 7.89. The highest BCUT2D eigenvalue weighted by Crippen LogP contribution is 2.18. The molecule has 2 heterocycles. The van der Waals surface area contributed by atoms with E-state index in [0.717, 1.165) is 4.31 Å². The lowest BCUT2D eigenvalue weighted by Gasteiger charge is -2.20. The van der Waals surface area contributed by atoms with Crippen molar-refractivity contribution in [1.29, 1.82) is 0 Å². The van der Waals surface area contributed by atoms with Crippen molar-refractivity contribution >= 4 is 15.9 Å². The lowest BCUT2D eigenvalue weighted by atomic mass is 10.1. The maximum absolute atomic E-state index is 12.3. The van der Waals surface area contributed by atoms with Crippen LogP contribution in [-0.4, -0.2) is 68.4 Å². The molecule has 26 heavy (non-hydrogen) atoms. The number of furan rings is 1. The van der Waals surface area contributed by atoms with Crippen LogP contribution >= 0.6 is 0 Å². The van der Waals surface area contributed by atoms with Crippen molar-refractivity contribution in [2.24, 2.45) is 5.92 Å². The summed E-state index contributed by atoms with van der Waals surface area (Å²) in [5.74, 6) is 4.65. The molecule has 1 fully saturated rings. The topological polar surface area (TPSA) is 109 Å². The molecule has 1 saturated heterocycles. The first-order valence-corrected chi connectivity index (χ1v) is 9.73. The van der Waals surface area contributed by atoms with Gasteiger partial charge in [0, 0.05) is 20.0 Å². The van der Waals surface area contributed by atoms with Gasteiger partial charge >= 0.3 is 0 Å². The molecule has 144 valence electrons. The van der Waals surface area contributed by atoms with Gasteiger partial charge in [-0.25, -0.2) is 12.7 Å². The van der Waals surface area contributed by atoms with Crippen LogP contribution in [-0.2, 0) is 14.8 Å². The third-order valence-electron chi connectivity index (χ3n) is 3.82. The standard InChI is InChI=1S/C17H24N2O6S/c1-17(2,21)8-7-13-5-6-15(25-13)16(20)18-14-10-24-9-12(14)11-26(22,23)19(3)4/h5-6,12,14,21H,9-11H2,1-4H3,(H,18,20)/t12-,14+/m0/s1. The van der Waals surface area contributed by atoms with Crippen LogP contribution in [0.5, 0.6) is 0 Å². The Bertz CT molecular complexity index is 810. The predicted molar refractivity (Wildman–Crippen MR) is 94.9 cm³/mol. The summed E-state index contributed by atoms with van der Waals surface area (Å²) in [6, 6.07) is 2.59. The van der Waals surface area contributed by atoms with E-state index in [1.165, 1.54) is 26.2 Å². The monoisotopic (exact) mass is 384 g/mol. The van der Waals surface area contributed by atoms with Crippen molar-refractivity contribution in [3.63, 3.8) is 0 Å². The van der Waals surface area contributed by atoms with E-state index in [4.69, 9.17) is 9.15 Å². The average Bonchev–Trinajstić information content (AvgIpc) is 3.14. The number of sulfonamides is 1. The zero-order chi connectivity index (χ0) is 19.5. The van der Waals surface area contributed by atoms with Crippen LogP contribution in [0.3, 0.4) is 0 Å². The zero-order valence-corrected chi connectivity index (χ0v) is 16.1. The van der Waals surface area contributed by atoms with Gasteiger partial charge in [-0.15, -0.1) is 0 Å². The molecule has 1 amide bonds. The van der Waals surface area contributed by atoms with Crippen LogP contribution < -0.4 is 5.32 Å². The minimum Gasteiger partial charge on any atom is -0.443 e. The molecule has 0 radical (unpaired) electrons. The maximum Gasteiger partial charge on any atom is 0.287 e. The fourth-order valence-corrected chi connectivity index (χ4v) is 3.49. The minimum absolute atomic E-state index is 0.0613. The number of hydrogen-bond acceptors (Lipinski definition) is 6. The van der Waals surface area contributed by atoms with Gasteiger partial charge in [-0.05, 0) is 31.9 Å². The van der Waals surface area contributed by atoms with Gasteiger partial charge in [0.25, 0.3) is 5.91 Å². The number of nitrogens with zero attached hydrogens (tertiary/aromatic N) is 1. The van der Waals surface area contributed by atoms with E-state index >= 15 is 0 Å². The van der Waals surface area contributed by atoms with Crippen molar-refractivity contribution in [3.05, 3.63) is 23.7 Å². The Morgan fingerprint density at radius 1 is 1.38 bits per heavy atom. The molecule has 0 saturated carbocycles. The van der Waals surface area contributed by atoms with Gasteiger partial charge in [0.15, 0.2) is 11.5 Å². The van der Waals surface area contributed by atoms with Crippen molar-refractivity contribution < 1.29 is 27.5 Å². The number of hydrogen-bond donors (Lipinski definition) is 2. The molecule has 1 aromatic rings. The molecule has 1 aliphatic rings. The van der Waals surface area contributed by atoms with Crippen LogP contribution in [0.4, 0.5) is 0 Å². The van der Waals surface area contributed by atoms with Crippen LogP contribution in [0.2, 0.25) is 0 Å². The van der Waals surface area contributed by atoms with E-state index in [1.54, 1.807) is 13.8 Å². The largest absolute Gasteiger partial charge is 0.443 e. The Morgan fingerprint density at radius 3 is 2.69 bits per heavy atom. The summed E-state index contributed by atoms with van der Waals surface area (Å²) in [4.78, 5) is 12.3. The number of carbonyl (C=O) groups excluding carboxylic acids is 1. The normalized spacial score (nSPS) is 20.7. The quantitative estimate of drug-likeness (QED) is 0.694. The molecular formula is C17H24N2O6S. The molecule has 1 aliphatic heterocycles. The van der Waals surface area contributed by atoms with Crippen LogP contribution in [0, 0.1) is 17.8 Å². The third kappa shape index (κ3) is 5.57. The van der Waals surface area contributed by atoms with Gasteiger partial charge in [-0.3, -0.25) is 4.79 Å². The van der Waals surface area contributed by atoms with Crippen molar-refractivity contribution in [3.8, 4) is 11.8 Å². The first kappa shape index (κ1) is 20.5. The molecular weight excluding hydrogens is 360 g/mol. The number of rotatable bonds is 5. The lowest BCUT2D eigenvalue weighted by Crippen LogP contribution is -2.43. The number of carbonyl (C=O) groups is 1. The molecule has 2 N–H and O–H groups in total. The fraction of sp³-hybridized carbons (Fsp3) is 0.588. The Hall–Kier alpha value is -1.86. The number of aliphatic hydroxyl groups is 1. The maximum atomic E-state index is 12.3. The summed E-state index contributed by atoms with van der Waals surface area (Å²) < 4.78 is 35.9. The zero-order valence-electron chi connectivity index (χ0n) is 15.3. The van der Waals surface area contributed by atoms with Gasteiger partial charge in [-0.1, -0.05) is 5.92 Å². The SMILES string of the molecule is CN(C)S(=O)(=O)C[C@@H]1COC[C@H]1NC(=O)c1ccc(C#CC(C)(C)O)o1. The van der Waals surface area contributed by atoms with Gasteiger partial charge in [-0.2, -0.15) is 0 Å². The van der Waals surface area contributed by atoms with Crippen LogP contribution in [0.25, 0.3) is 0 Å². The van der Waals surface area contributed by atoms with Crippen molar-refractivity contribution in [2.75, 3.05) is 33.1 Å². The summed E-state index contributed by atoms with van der Waals surface area (Å²) in [5, 5.41) is 12.3. The second-order valence-corrected chi connectivity index (χ2v) is 9.14. The molecule has 1 aromatic heterocycles. The van der Waals surface area contributed by atoms with Crippen LogP contribution in [0.15, 0.2) is 16.5 Å². The summed E-state index contributed by atoms with van der Waals surface area (Å²) in [6.45, 7) is 3.58. The van der Waals surface area contributed by atoms with E-state index in [-0.39, 0.29) is 36.4 Å². The Morgan fingerprint density at radius 2 is 2.08 bits per heavy atom. The summed E-state index contributed by atoms with van der Waals surface area (Å²) >= 11 is 0. The molecule has 0 unspecified atom stereocenters. The van der Waals surface area contributed by atoms with E-state index in [0.29, 0.717) is 0 Å². The molecule has 9 heteroatoms. The van der Waals surface area contributed by atoms with Gasteiger partial charge in [0.1, 0.15) is 5.60 Å². The highest BCUT2D eigenvalue weighted by Gasteiger charge is 2.34. The lowest BCUT2D eigenvalue weighted by molar-refractivity contribution is 0.0897. The number of nitrogens with one attached hydrogen (secondary N) is 1. The summed E-state index contributed by atoms with van der Waals surface area (Å²) in [5.41, 5.74) is -1.17. The number of amides is 1. The third-order valence-corrected chi connectivity index (χ3v) is 5.78. The molecule has 2 rings (SSSR count). The van der Waals surface area contributed by atoms with Gasteiger partial charge in [0.05, 0.1) is 25.0 Å². The van der Waals surface area contributed by atoms with Crippen molar-refractivity contribution in [2.45, 2.75) is 25.5 Å². The minimum atomic E-state index is -3.40. The Labute approximate surface area is 153 Å². The first-order chi connectivity index (χ1) is 12.0. The number of ether oxygens (including phenoxy) is 1. The Balaban J connectivity index is 2.02. The van der Waals surface area contributed by atoms with Crippen molar-refractivity contribution in [1.82, 2.24) is 9.62 Å². The van der Waals surface area contributed by atoms with E-state index in [1.807, 2.05) is 0 Å². The van der Waals surface area contributed by atoms with E-state index in [9.17, 15) is 18.3 Å². The second kappa shape index (κ2) is 7.80. The average molecular weight is 384 g/mol. The van der Waals surface area contributed by atoms with E-state index < -0.39 is 27.6 Å². The van der Waals surface area contributed by atoms with Crippen LogP contribution in [0.1, 0.15) is 30.2 Å². The molecule has 0 aromatic carbocycles. The first-order valence-electron chi connectivity index (χ1n) is 8.12.